The summed E-state index contributed by atoms with van der Waals surface area (Å²) < 4.78 is 0.194. The largest absolute Gasteiger partial charge is 0.385 e. The van der Waals surface area contributed by atoms with Crippen LogP contribution in [-0.2, 0) is 0 Å². The highest BCUT2D eigenvalue weighted by Crippen LogP contribution is 2.25. The van der Waals surface area contributed by atoms with Crippen molar-refractivity contribution >= 4 is 51.3 Å². The summed E-state index contributed by atoms with van der Waals surface area (Å²) in [6.45, 7) is 0. The zero-order valence-corrected chi connectivity index (χ0v) is 13.1. The highest BCUT2D eigenvalue weighted by molar-refractivity contribution is 8.10. The molecular weight excluding hydrogens is 296 g/mol. The van der Waals surface area contributed by atoms with Gasteiger partial charge in [0.05, 0.1) is 0 Å². The van der Waals surface area contributed by atoms with Gasteiger partial charge in [0, 0.05) is 16.8 Å². The molecular formula is C17H16N2S2. The van der Waals surface area contributed by atoms with Gasteiger partial charge in [-0.2, -0.15) is 0 Å². The molecule has 3 aromatic rings. The second-order valence-electron chi connectivity index (χ2n) is 4.36. The third-order valence-corrected chi connectivity index (χ3v) is 2.84. The quantitative estimate of drug-likeness (QED) is 0.472. The molecule has 0 fully saturated rings. The van der Waals surface area contributed by atoms with E-state index in [1.165, 1.54) is 10.8 Å². The van der Waals surface area contributed by atoms with E-state index in [4.69, 9.17) is 5.73 Å². The average Bonchev–Trinajstić information content (AvgIpc) is 2.48. The summed E-state index contributed by atoms with van der Waals surface area (Å²) in [6, 6.07) is 25.0. The van der Waals surface area contributed by atoms with Crippen molar-refractivity contribution < 1.29 is 0 Å². The van der Waals surface area contributed by atoms with Gasteiger partial charge in [-0.3, -0.25) is 0 Å². The van der Waals surface area contributed by atoms with Crippen molar-refractivity contribution in [1.29, 1.82) is 0 Å². The SMILES string of the molecule is NC(=S)S.c1ccc(Nc2cccc3ccccc23)cc1. The van der Waals surface area contributed by atoms with E-state index in [1.807, 2.05) is 18.2 Å². The lowest BCUT2D eigenvalue weighted by molar-refractivity contribution is 1.58. The molecule has 0 atom stereocenters. The third-order valence-electron chi connectivity index (χ3n) is 2.84. The first kappa shape index (κ1) is 15.4. The molecule has 0 heterocycles. The van der Waals surface area contributed by atoms with Gasteiger partial charge in [0.1, 0.15) is 4.32 Å². The Morgan fingerprint density at radius 2 is 1.43 bits per heavy atom. The van der Waals surface area contributed by atoms with E-state index in [-0.39, 0.29) is 4.32 Å². The van der Waals surface area contributed by atoms with Gasteiger partial charge in [-0.25, -0.2) is 0 Å². The van der Waals surface area contributed by atoms with E-state index in [9.17, 15) is 0 Å². The summed E-state index contributed by atoms with van der Waals surface area (Å²) >= 11 is 7.65. The lowest BCUT2D eigenvalue weighted by atomic mass is 10.1. The smallest absolute Gasteiger partial charge is 0.128 e. The first-order chi connectivity index (χ1) is 10.2. The zero-order chi connectivity index (χ0) is 15.1. The van der Waals surface area contributed by atoms with E-state index in [0.29, 0.717) is 0 Å². The van der Waals surface area contributed by atoms with E-state index < -0.39 is 0 Å². The maximum absolute atomic E-state index is 4.71. The van der Waals surface area contributed by atoms with E-state index in [2.05, 4.69) is 84.8 Å². The van der Waals surface area contributed by atoms with Crippen LogP contribution in [-0.4, -0.2) is 4.32 Å². The van der Waals surface area contributed by atoms with Crippen LogP contribution in [0.3, 0.4) is 0 Å². The van der Waals surface area contributed by atoms with Crippen molar-refractivity contribution in [2.24, 2.45) is 5.73 Å². The van der Waals surface area contributed by atoms with Crippen molar-refractivity contribution in [3.05, 3.63) is 72.8 Å². The predicted molar refractivity (Wildman–Crippen MR) is 99.4 cm³/mol. The van der Waals surface area contributed by atoms with E-state index >= 15 is 0 Å². The Balaban J connectivity index is 0.000000361. The van der Waals surface area contributed by atoms with Gasteiger partial charge in [-0.15, -0.1) is 12.6 Å². The second-order valence-corrected chi connectivity index (χ2v) is 5.58. The van der Waals surface area contributed by atoms with Crippen LogP contribution in [0.15, 0.2) is 72.8 Å². The molecule has 0 radical (unpaired) electrons. The predicted octanol–water partition coefficient (Wildman–Crippen LogP) is 4.74. The summed E-state index contributed by atoms with van der Waals surface area (Å²) in [5.74, 6) is 0. The van der Waals surface area contributed by atoms with Crippen molar-refractivity contribution in [2.45, 2.75) is 0 Å². The molecule has 0 unspecified atom stereocenters. The molecule has 0 aromatic heterocycles. The Hall–Kier alpha value is -2.04. The molecule has 0 saturated heterocycles. The maximum Gasteiger partial charge on any atom is 0.128 e. The van der Waals surface area contributed by atoms with Crippen molar-refractivity contribution in [3.63, 3.8) is 0 Å². The number of benzene rings is 3. The highest BCUT2D eigenvalue weighted by atomic mass is 32.1. The fourth-order valence-corrected chi connectivity index (χ4v) is 2.01. The summed E-state index contributed by atoms with van der Waals surface area (Å²) in [6.07, 6.45) is 0. The lowest BCUT2D eigenvalue weighted by Gasteiger charge is -2.09. The minimum atomic E-state index is 0.194. The number of thiocarbonyl (C=S) groups is 1. The van der Waals surface area contributed by atoms with Crippen molar-refractivity contribution in [3.8, 4) is 0 Å². The number of nitrogens with two attached hydrogens (primary N) is 1. The number of nitrogens with one attached hydrogen (secondary N) is 1. The standard InChI is InChI=1S/C16H13N.CH3NS2/c1-2-9-14(10-3-1)17-16-12-6-8-13-7-4-5-11-15(13)16;2-1(3)4/h1-12,17H;(H3,2,3,4). The Bertz CT molecular complexity index is 718. The number of para-hydroxylation sites is 1. The molecule has 3 rings (SSSR count). The van der Waals surface area contributed by atoms with Crippen LogP contribution in [0, 0.1) is 0 Å². The van der Waals surface area contributed by atoms with Gasteiger partial charge in [0.2, 0.25) is 0 Å². The molecule has 0 aliphatic heterocycles. The molecule has 0 saturated carbocycles. The number of rotatable bonds is 2. The van der Waals surface area contributed by atoms with Crippen LogP contribution in [0.1, 0.15) is 0 Å². The molecule has 3 aromatic carbocycles. The third kappa shape index (κ3) is 4.77. The molecule has 0 spiro atoms. The number of fused-ring (bicyclic) bond motifs is 1. The van der Waals surface area contributed by atoms with Crippen molar-refractivity contribution in [1.82, 2.24) is 0 Å². The molecule has 0 aliphatic carbocycles. The number of hydrogen-bond acceptors (Lipinski definition) is 2. The topological polar surface area (TPSA) is 38.0 Å². The summed E-state index contributed by atoms with van der Waals surface area (Å²) in [5.41, 5.74) is 6.97. The first-order valence-electron chi connectivity index (χ1n) is 6.45. The van der Waals surface area contributed by atoms with Gasteiger partial charge >= 0.3 is 0 Å². The Kier molecular flexibility index (Phi) is 5.60. The van der Waals surface area contributed by atoms with Crippen LogP contribution >= 0.6 is 24.8 Å². The molecule has 0 aliphatic rings. The summed E-state index contributed by atoms with van der Waals surface area (Å²) in [5, 5.41) is 5.95. The Morgan fingerprint density at radius 3 is 2.14 bits per heavy atom. The van der Waals surface area contributed by atoms with E-state index in [1.54, 1.807) is 0 Å². The minimum absolute atomic E-state index is 0.194. The Labute approximate surface area is 135 Å². The highest BCUT2D eigenvalue weighted by Gasteiger charge is 1.99. The summed E-state index contributed by atoms with van der Waals surface area (Å²) in [7, 11) is 0. The van der Waals surface area contributed by atoms with Gasteiger partial charge in [-0.1, -0.05) is 66.8 Å². The number of anilines is 2. The minimum Gasteiger partial charge on any atom is -0.385 e. The lowest BCUT2D eigenvalue weighted by Crippen LogP contribution is -1.94. The first-order valence-corrected chi connectivity index (χ1v) is 7.30. The molecule has 0 amide bonds. The molecule has 2 nitrogen and oxygen atoms in total. The van der Waals surface area contributed by atoms with Gasteiger partial charge in [0.15, 0.2) is 0 Å². The zero-order valence-electron chi connectivity index (χ0n) is 11.4. The molecule has 4 heteroatoms. The Morgan fingerprint density at radius 1 is 0.857 bits per heavy atom. The maximum atomic E-state index is 4.71. The van der Waals surface area contributed by atoms with Gasteiger partial charge in [0.25, 0.3) is 0 Å². The summed E-state index contributed by atoms with van der Waals surface area (Å²) in [4.78, 5) is 0. The molecule has 106 valence electrons. The van der Waals surface area contributed by atoms with Crippen LogP contribution in [0.5, 0.6) is 0 Å². The van der Waals surface area contributed by atoms with Gasteiger partial charge < -0.3 is 11.1 Å². The molecule has 21 heavy (non-hydrogen) atoms. The average molecular weight is 312 g/mol. The monoisotopic (exact) mass is 312 g/mol. The van der Waals surface area contributed by atoms with Gasteiger partial charge in [-0.05, 0) is 23.6 Å². The number of thiol groups is 1. The van der Waals surface area contributed by atoms with Crippen LogP contribution < -0.4 is 11.1 Å². The fourth-order valence-electron chi connectivity index (χ4n) is 2.01. The fraction of sp³-hybridized carbons (Fsp3) is 0. The van der Waals surface area contributed by atoms with Crippen LogP contribution in [0.4, 0.5) is 11.4 Å². The molecule has 0 bridgehead atoms. The van der Waals surface area contributed by atoms with Crippen LogP contribution in [0.2, 0.25) is 0 Å². The van der Waals surface area contributed by atoms with Crippen molar-refractivity contribution in [2.75, 3.05) is 5.32 Å². The molecule has 3 N–H and O–H groups in total. The van der Waals surface area contributed by atoms with E-state index in [0.717, 1.165) is 11.4 Å². The number of hydrogen-bond donors (Lipinski definition) is 3. The van der Waals surface area contributed by atoms with Crippen LogP contribution in [0.25, 0.3) is 10.8 Å². The normalized spacial score (nSPS) is 9.57. The second kappa shape index (κ2) is 7.67.